The van der Waals surface area contributed by atoms with Crippen molar-refractivity contribution in [3.8, 4) is 5.69 Å². The van der Waals surface area contributed by atoms with E-state index in [4.69, 9.17) is 0 Å². The summed E-state index contributed by atoms with van der Waals surface area (Å²) < 4.78 is 2.84. The zero-order valence-corrected chi connectivity index (χ0v) is 15.4. The minimum absolute atomic E-state index is 0.0301. The van der Waals surface area contributed by atoms with E-state index in [0.717, 1.165) is 26.2 Å². The summed E-state index contributed by atoms with van der Waals surface area (Å²) in [5, 5.41) is 5.24. The summed E-state index contributed by atoms with van der Waals surface area (Å²) >= 11 is 1.54. The van der Waals surface area contributed by atoms with Crippen LogP contribution < -0.4 is 0 Å². The molecule has 1 amide bonds. The van der Waals surface area contributed by atoms with Gasteiger partial charge in [-0.3, -0.25) is 4.79 Å². The smallest absolute Gasteiger partial charge is 0.264 e. The highest BCUT2D eigenvalue weighted by molar-refractivity contribution is 7.20. The van der Waals surface area contributed by atoms with Gasteiger partial charge in [0.15, 0.2) is 0 Å². The standard InChI is InChI=1S/C20H18N4OS/c1-14(15-7-9-17(10-8-15)24-13-21-12-22-24)23(2)20(25)19-11-16-5-3-4-6-18(16)26-19/h3-14H,1-2H3/t14-/m0/s1. The molecule has 0 unspecified atom stereocenters. The lowest BCUT2D eigenvalue weighted by Gasteiger charge is -2.25. The van der Waals surface area contributed by atoms with Crippen molar-refractivity contribution in [2.24, 2.45) is 0 Å². The lowest BCUT2D eigenvalue weighted by molar-refractivity contribution is 0.0747. The van der Waals surface area contributed by atoms with Crippen molar-refractivity contribution >= 4 is 27.3 Å². The quantitative estimate of drug-likeness (QED) is 0.543. The molecule has 0 aliphatic carbocycles. The molecule has 1 atom stereocenters. The number of carbonyl (C=O) groups is 1. The number of fused-ring (bicyclic) bond motifs is 1. The normalized spacial score (nSPS) is 12.2. The van der Waals surface area contributed by atoms with Crippen LogP contribution in [-0.2, 0) is 0 Å². The molecule has 0 spiro atoms. The van der Waals surface area contributed by atoms with Gasteiger partial charge in [-0.2, -0.15) is 5.10 Å². The number of carbonyl (C=O) groups excluding carboxylic acids is 1. The van der Waals surface area contributed by atoms with Crippen LogP contribution in [0.5, 0.6) is 0 Å². The van der Waals surface area contributed by atoms with E-state index in [1.54, 1.807) is 15.9 Å². The number of nitrogens with zero attached hydrogens (tertiary/aromatic N) is 4. The maximum Gasteiger partial charge on any atom is 0.264 e. The zero-order chi connectivity index (χ0) is 18.1. The Bertz CT molecular complexity index is 1000. The number of hydrogen-bond acceptors (Lipinski definition) is 4. The molecule has 0 saturated carbocycles. The molecule has 0 fully saturated rings. The van der Waals surface area contributed by atoms with Crippen LogP contribution in [0.3, 0.4) is 0 Å². The van der Waals surface area contributed by atoms with Gasteiger partial charge in [0.25, 0.3) is 5.91 Å². The van der Waals surface area contributed by atoms with Gasteiger partial charge in [-0.05, 0) is 42.1 Å². The lowest BCUT2D eigenvalue weighted by Crippen LogP contribution is -2.29. The van der Waals surface area contributed by atoms with Gasteiger partial charge in [-0.15, -0.1) is 11.3 Å². The molecular formula is C20H18N4OS. The Balaban J connectivity index is 1.55. The van der Waals surface area contributed by atoms with Crippen molar-refractivity contribution in [3.63, 3.8) is 0 Å². The zero-order valence-electron chi connectivity index (χ0n) is 14.5. The van der Waals surface area contributed by atoms with Gasteiger partial charge in [0, 0.05) is 11.7 Å². The molecule has 130 valence electrons. The van der Waals surface area contributed by atoms with Crippen molar-refractivity contribution in [1.29, 1.82) is 0 Å². The molecule has 0 saturated heterocycles. The predicted molar refractivity (Wildman–Crippen MR) is 104 cm³/mol. The summed E-state index contributed by atoms with van der Waals surface area (Å²) in [6, 6.07) is 18.0. The van der Waals surface area contributed by atoms with E-state index in [2.05, 4.69) is 10.1 Å². The number of benzene rings is 2. The monoisotopic (exact) mass is 362 g/mol. The van der Waals surface area contributed by atoms with Crippen LogP contribution in [0.15, 0.2) is 67.3 Å². The summed E-state index contributed by atoms with van der Waals surface area (Å²) in [6.45, 7) is 2.04. The summed E-state index contributed by atoms with van der Waals surface area (Å²) in [7, 11) is 1.85. The molecule has 4 aromatic rings. The summed E-state index contributed by atoms with van der Waals surface area (Å²) in [5.74, 6) is 0.0408. The fourth-order valence-electron chi connectivity index (χ4n) is 2.91. The van der Waals surface area contributed by atoms with Gasteiger partial charge in [0.2, 0.25) is 0 Å². The van der Waals surface area contributed by atoms with Gasteiger partial charge in [0.05, 0.1) is 16.6 Å². The third-order valence-electron chi connectivity index (χ3n) is 4.60. The molecule has 2 aromatic carbocycles. The highest BCUT2D eigenvalue weighted by atomic mass is 32.1. The molecule has 4 rings (SSSR count). The minimum atomic E-state index is -0.0301. The topological polar surface area (TPSA) is 51.0 Å². The molecule has 5 nitrogen and oxygen atoms in total. The van der Waals surface area contributed by atoms with Crippen molar-refractivity contribution in [3.05, 3.63) is 77.7 Å². The molecule has 2 heterocycles. The Hall–Kier alpha value is -2.99. The van der Waals surface area contributed by atoms with E-state index in [0.29, 0.717) is 0 Å². The Labute approximate surface area is 155 Å². The van der Waals surface area contributed by atoms with Gasteiger partial charge in [0.1, 0.15) is 12.7 Å². The van der Waals surface area contributed by atoms with Gasteiger partial charge < -0.3 is 4.90 Å². The number of amides is 1. The molecule has 0 aliphatic heterocycles. The SMILES string of the molecule is C[C@@H](c1ccc(-n2cncn2)cc1)N(C)C(=O)c1cc2ccccc2s1. The number of aromatic nitrogens is 3. The second-order valence-corrected chi connectivity index (χ2v) is 7.26. The van der Waals surface area contributed by atoms with E-state index in [1.165, 1.54) is 17.7 Å². The largest absolute Gasteiger partial charge is 0.334 e. The van der Waals surface area contributed by atoms with Crippen molar-refractivity contribution < 1.29 is 4.79 Å². The molecular weight excluding hydrogens is 344 g/mol. The average Bonchev–Trinajstić information content (AvgIpc) is 3.36. The van der Waals surface area contributed by atoms with Crippen molar-refractivity contribution in [2.45, 2.75) is 13.0 Å². The van der Waals surface area contributed by atoms with E-state index in [-0.39, 0.29) is 11.9 Å². The first kappa shape index (κ1) is 16.5. The van der Waals surface area contributed by atoms with Gasteiger partial charge >= 0.3 is 0 Å². The average molecular weight is 362 g/mol. The maximum absolute atomic E-state index is 12.9. The lowest BCUT2D eigenvalue weighted by atomic mass is 10.1. The second-order valence-electron chi connectivity index (χ2n) is 6.17. The molecule has 6 heteroatoms. The first-order valence-electron chi connectivity index (χ1n) is 8.34. The van der Waals surface area contributed by atoms with Crippen LogP contribution in [0, 0.1) is 0 Å². The molecule has 0 N–H and O–H groups in total. The van der Waals surface area contributed by atoms with Crippen molar-refractivity contribution in [2.75, 3.05) is 7.05 Å². The summed E-state index contributed by atoms with van der Waals surface area (Å²) in [4.78, 5) is 19.4. The summed E-state index contributed by atoms with van der Waals surface area (Å²) in [6.07, 6.45) is 3.17. The fraction of sp³-hybridized carbons (Fsp3) is 0.150. The van der Waals surface area contributed by atoms with Crippen LogP contribution in [0.25, 0.3) is 15.8 Å². The van der Waals surface area contributed by atoms with Crippen LogP contribution in [0.1, 0.15) is 28.2 Å². The summed E-state index contributed by atoms with van der Waals surface area (Å²) in [5.41, 5.74) is 2.02. The van der Waals surface area contributed by atoms with E-state index in [1.807, 2.05) is 68.6 Å². The first-order valence-corrected chi connectivity index (χ1v) is 9.16. The Morgan fingerprint density at radius 1 is 1.15 bits per heavy atom. The number of thiophene rings is 1. The Morgan fingerprint density at radius 3 is 2.62 bits per heavy atom. The van der Waals surface area contributed by atoms with Crippen LogP contribution >= 0.6 is 11.3 Å². The molecule has 0 aliphatic rings. The van der Waals surface area contributed by atoms with Gasteiger partial charge in [-0.1, -0.05) is 30.3 Å². The third kappa shape index (κ3) is 2.99. The molecule has 0 radical (unpaired) electrons. The Kier molecular flexibility index (Phi) is 4.26. The molecule has 2 aromatic heterocycles. The minimum Gasteiger partial charge on any atom is -0.334 e. The maximum atomic E-state index is 12.9. The third-order valence-corrected chi connectivity index (χ3v) is 5.70. The highest BCUT2D eigenvalue weighted by Gasteiger charge is 2.20. The van der Waals surface area contributed by atoms with Crippen LogP contribution in [0.4, 0.5) is 0 Å². The van der Waals surface area contributed by atoms with Crippen LogP contribution in [0.2, 0.25) is 0 Å². The van der Waals surface area contributed by atoms with E-state index < -0.39 is 0 Å². The predicted octanol–water partition coefficient (Wildman–Crippen LogP) is 4.32. The number of hydrogen-bond donors (Lipinski definition) is 0. The van der Waals surface area contributed by atoms with Crippen LogP contribution in [-0.4, -0.2) is 32.6 Å². The van der Waals surface area contributed by atoms with E-state index in [9.17, 15) is 4.79 Å². The fourth-order valence-corrected chi connectivity index (χ4v) is 3.95. The number of rotatable bonds is 4. The Morgan fingerprint density at radius 2 is 1.92 bits per heavy atom. The first-order chi connectivity index (χ1) is 12.6. The molecule has 0 bridgehead atoms. The highest BCUT2D eigenvalue weighted by Crippen LogP contribution is 2.28. The second kappa shape index (κ2) is 6.72. The van der Waals surface area contributed by atoms with Crippen molar-refractivity contribution in [1.82, 2.24) is 19.7 Å². The molecule has 26 heavy (non-hydrogen) atoms. The van der Waals surface area contributed by atoms with Gasteiger partial charge in [-0.25, -0.2) is 9.67 Å². The van der Waals surface area contributed by atoms with E-state index >= 15 is 0 Å².